The van der Waals surface area contributed by atoms with E-state index in [1.807, 2.05) is 0 Å². The number of esters is 1. The lowest BCUT2D eigenvalue weighted by molar-refractivity contribution is -0.146. The third kappa shape index (κ3) is 5.60. The van der Waals surface area contributed by atoms with Crippen molar-refractivity contribution in [3.05, 3.63) is 12.2 Å². The van der Waals surface area contributed by atoms with Crippen molar-refractivity contribution < 1.29 is 13.9 Å². The number of hydrogen-bond donors (Lipinski definition) is 0. The average Bonchev–Trinajstić information content (AvgIpc) is 2.69. The van der Waals surface area contributed by atoms with Crippen molar-refractivity contribution in [2.45, 2.75) is 110 Å². The normalized spacial score (nSPS) is 39.3. The molecule has 3 fully saturated rings. The zero-order chi connectivity index (χ0) is 20.1. The molecule has 0 heterocycles. The van der Waals surface area contributed by atoms with Gasteiger partial charge in [-0.15, -0.1) is 0 Å². The molecule has 0 aliphatic heterocycles. The molecule has 0 aromatic rings. The standard InChI is InChI=1S/C25H41FO2/c1-4-5-18-6-8-19(9-7-18)21-12-15-23(24(26)16-21)20-10-13-22(14-11-20)28-25(27)17(2)3/h18-24H,2,4-16H2,1,3H3. The number of hydrogen-bond acceptors (Lipinski definition) is 2. The lowest BCUT2D eigenvalue weighted by Gasteiger charge is -2.43. The number of ether oxygens (including phenoxy) is 1. The summed E-state index contributed by atoms with van der Waals surface area (Å²) in [5, 5.41) is 0. The van der Waals surface area contributed by atoms with Crippen LogP contribution in [0.2, 0.25) is 0 Å². The molecule has 0 saturated heterocycles. The first-order chi connectivity index (χ1) is 13.5. The van der Waals surface area contributed by atoms with Crippen LogP contribution in [0.4, 0.5) is 4.39 Å². The van der Waals surface area contributed by atoms with Gasteiger partial charge in [0.2, 0.25) is 0 Å². The Balaban J connectivity index is 1.41. The summed E-state index contributed by atoms with van der Waals surface area (Å²) in [4.78, 5) is 11.7. The Kier molecular flexibility index (Phi) is 8.00. The van der Waals surface area contributed by atoms with E-state index in [1.54, 1.807) is 6.92 Å². The van der Waals surface area contributed by atoms with Gasteiger partial charge < -0.3 is 4.74 Å². The van der Waals surface area contributed by atoms with Gasteiger partial charge in [0, 0.05) is 5.57 Å². The molecule has 0 aromatic carbocycles. The highest BCUT2D eigenvalue weighted by molar-refractivity contribution is 5.87. The van der Waals surface area contributed by atoms with Crippen LogP contribution in [0.3, 0.4) is 0 Å². The van der Waals surface area contributed by atoms with Crippen LogP contribution in [0.1, 0.15) is 97.3 Å². The minimum Gasteiger partial charge on any atom is -0.459 e. The molecular weight excluding hydrogens is 351 g/mol. The Bertz CT molecular complexity index is 515. The largest absolute Gasteiger partial charge is 0.459 e. The van der Waals surface area contributed by atoms with Gasteiger partial charge in [-0.1, -0.05) is 39.2 Å². The van der Waals surface area contributed by atoms with E-state index in [-0.39, 0.29) is 18.0 Å². The number of carbonyl (C=O) groups excluding carboxylic acids is 1. The Morgan fingerprint density at radius 1 is 0.929 bits per heavy atom. The summed E-state index contributed by atoms with van der Waals surface area (Å²) < 4.78 is 20.7. The van der Waals surface area contributed by atoms with Gasteiger partial charge >= 0.3 is 5.97 Å². The lowest BCUT2D eigenvalue weighted by Crippen LogP contribution is -2.37. The van der Waals surface area contributed by atoms with Crippen molar-refractivity contribution in [1.29, 1.82) is 0 Å². The second kappa shape index (κ2) is 10.3. The molecule has 28 heavy (non-hydrogen) atoms. The number of rotatable bonds is 6. The smallest absolute Gasteiger partial charge is 0.333 e. The van der Waals surface area contributed by atoms with Crippen LogP contribution in [0.25, 0.3) is 0 Å². The van der Waals surface area contributed by atoms with Crippen LogP contribution < -0.4 is 0 Å². The van der Waals surface area contributed by atoms with E-state index < -0.39 is 6.17 Å². The zero-order valence-electron chi connectivity index (χ0n) is 18.1. The van der Waals surface area contributed by atoms with E-state index in [9.17, 15) is 4.79 Å². The molecule has 2 nitrogen and oxygen atoms in total. The molecule has 0 amide bonds. The van der Waals surface area contributed by atoms with Crippen molar-refractivity contribution in [2.75, 3.05) is 0 Å². The summed E-state index contributed by atoms with van der Waals surface area (Å²) in [6, 6.07) is 0. The van der Waals surface area contributed by atoms with Crippen LogP contribution in [0, 0.1) is 29.6 Å². The lowest BCUT2D eigenvalue weighted by atomic mass is 9.64. The van der Waals surface area contributed by atoms with Crippen molar-refractivity contribution in [3.8, 4) is 0 Å². The first-order valence-corrected chi connectivity index (χ1v) is 12.0. The van der Waals surface area contributed by atoms with Gasteiger partial charge in [-0.2, -0.15) is 0 Å². The Labute approximate surface area is 171 Å². The van der Waals surface area contributed by atoms with E-state index >= 15 is 4.39 Å². The van der Waals surface area contributed by atoms with Crippen molar-refractivity contribution in [3.63, 3.8) is 0 Å². The van der Waals surface area contributed by atoms with Gasteiger partial charge in [0.05, 0.1) is 0 Å². The van der Waals surface area contributed by atoms with Crippen LogP contribution in [0.15, 0.2) is 12.2 Å². The number of alkyl halides is 1. The van der Waals surface area contributed by atoms with Gasteiger partial charge in [0.15, 0.2) is 0 Å². The molecule has 3 heteroatoms. The van der Waals surface area contributed by atoms with Crippen LogP contribution in [0.5, 0.6) is 0 Å². The van der Waals surface area contributed by atoms with Crippen molar-refractivity contribution >= 4 is 5.97 Å². The van der Waals surface area contributed by atoms with E-state index in [4.69, 9.17) is 4.74 Å². The number of carbonyl (C=O) groups is 1. The Hall–Kier alpha value is -0.860. The molecule has 0 radical (unpaired) electrons. The van der Waals surface area contributed by atoms with Gasteiger partial charge in [-0.25, -0.2) is 9.18 Å². The van der Waals surface area contributed by atoms with Gasteiger partial charge in [0.1, 0.15) is 12.3 Å². The highest BCUT2D eigenvalue weighted by Gasteiger charge is 2.40. The summed E-state index contributed by atoms with van der Waals surface area (Å²) >= 11 is 0. The second-order valence-corrected chi connectivity index (χ2v) is 10.0. The molecule has 3 unspecified atom stereocenters. The molecule has 3 rings (SSSR count). The average molecular weight is 393 g/mol. The minimum absolute atomic E-state index is 0.00755. The van der Waals surface area contributed by atoms with Gasteiger partial charge in [0.25, 0.3) is 0 Å². The van der Waals surface area contributed by atoms with E-state index in [2.05, 4.69) is 13.5 Å². The maximum Gasteiger partial charge on any atom is 0.333 e. The summed E-state index contributed by atoms with van der Waals surface area (Å²) in [5.41, 5.74) is 0.466. The fourth-order valence-corrected chi connectivity index (χ4v) is 6.37. The maximum atomic E-state index is 15.2. The monoisotopic (exact) mass is 392 g/mol. The Morgan fingerprint density at radius 2 is 1.54 bits per heavy atom. The molecule has 3 aliphatic rings. The SMILES string of the molecule is C=C(C)C(=O)OC1CCC(C2CCC(C3CCC(CCC)CC3)CC2F)CC1. The topological polar surface area (TPSA) is 26.3 Å². The maximum absolute atomic E-state index is 15.2. The predicted molar refractivity (Wildman–Crippen MR) is 113 cm³/mol. The summed E-state index contributed by atoms with van der Waals surface area (Å²) in [5.74, 6) is 2.79. The van der Waals surface area contributed by atoms with E-state index in [0.717, 1.165) is 50.4 Å². The molecule has 0 N–H and O–H groups in total. The third-order valence-electron chi connectivity index (χ3n) is 8.06. The molecule has 160 valence electrons. The second-order valence-electron chi connectivity index (χ2n) is 10.0. The summed E-state index contributed by atoms with van der Waals surface area (Å²) in [7, 11) is 0. The van der Waals surface area contributed by atoms with E-state index in [0.29, 0.717) is 17.4 Å². The highest BCUT2D eigenvalue weighted by Crippen LogP contribution is 2.47. The first kappa shape index (κ1) is 21.8. The molecule has 0 spiro atoms. The summed E-state index contributed by atoms with van der Waals surface area (Å²) in [6.07, 6.45) is 14.4. The van der Waals surface area contributed by atoms with Gasteiger partial charge in [-0.3, -0.25) is 0 Å². The third-order valence-corrected chi connectivity index (χ3v) is 8.06. The molecule has 3 aliphatic carbocycles. The molecule has 0 aromatic heterocycles. The molecular formula is C25H41FO2. The van der Waals surface area contributed by atoms with E-state index in [1.165, 1.54) is 44.9 Å². The predicted octanol–water partition coefficient (Wildman–Crippen LogP) is 7.03. The fourth-order valence-electron chi connectivity index (χ4n) is 6.37. The van der Waals surface area contributed by atoms with Crippen molar-refractivity contribution in [2.24, 2.45) is 29.6 Å². The van der Waals surface area contributed by atoms with Crippen molar-refractivity contribution in [1.82, 2.24) is 0 Å². The highest BCUT2D eigenvalue weighted by atomic mass is 19.1. The van der Waals surface area contributed by atoms with Crippen LogP contribution in [-0.2, 0) is 9.53 Å². The van der Waals surface area contributed by atoms with Crippen LogP contribution >= 0.6 is 0 Å². The quantitative estimate of drug-likeness (QED) is 0.358. The number of halogens is 1. The molecule has 3 saturated carbocycles. The zero-order valence-corrected chi connectivity index (χ0v) is 18.1. The first-order valence-electron chi connectivity index (χ1n) is 12.0. The summed E-state index contributed by atoms with van der Waals surface area (Å²) in [6.45, 7) is 7.64. The molecule has 3 atom stereocenters. The fraction of sp³-hybridized carbons (Fsp3) is 0.880. The Morgan fingerprint density at radius 3 is 2.11 bits per heavy atom. The van der Waals surface area contributed by atoms with Crippen LogP contribution in [-0.4, -0.2) is 18.2 Å². The molecule has 0 bridgehead atoms. The minimum atomic E-state index is -0.619. The van der Waals surface area contributed by atoms with Gasteiger partial charge in [-0.05, 0) is 94.3 Å².